The number of benzene rings is 1. The number of rotatable bonds is 11. The zero-order valence-corrected chi connectivity index (χ0v) is 19.4. The van der Waals surface area contributed by atoms with Crippen molar-refractivity contribution in [2.45, 2.75) is 47.9 Å². The molecule has 0 aliphatic carbocycles. The van der Waals surface area contributed by atoms with Crippen LogP contribution in [0.15, 0.2) is 36.4 Å². The Labute approximate surface area is 220 Å². The highest BCUT2D eigenvalue weighted by molar-refractivity contribution is 5.60. The Morgan fingerprint density at radius 3 is 1.31 bits per heavy atom. The molecule has 0 amide bonds. The molecule has 1 aromatic heterocycles. The molecule has 0 N–H and O–H groups in total. The lowest BCUT2D eigenvalue weighted by Gasteiger charge is -2.33. The van der Waals surface area contributed by atoms with Gasteiger partial charge in [0.25, 0.3) is 0 Å². The van der Waals surface area contributed by atoms with Gasteiger partial charge in [-0.3, -0.25) is 0 Å². The molecule has 0 spiro atoms. The normalized spacial score (nSPS) is 14.6. The number of halogens is 18. The van der Waals surface area contributed by atoms with E-state index in [0.717, 1.165) is 12.1 Å². The van der Waals surface area contributed by atoms with Crippen LogP contribution in [0.5, 0.6) is 11.9 Å². The summed E-state index contributed by atoms with van der Waals surface area (Å²) in [6.45, 7) is -6.09. The number of alkyl halides is 18. The Morgan fingerprint density at radius 2 is 0.905 bits per heavy atom. The summed E-state index contributed by atoms with van der Waals surface area (Å²) in [7, 11) is 0. The molecule has 0 aliphatic heterocycles. The van der Waals surface area contributed by atoms with Gasteiger partial charge >= 0.3 is 53.9 Å². The van der Waals surface area contributed by atoms with Crippen LogP contribution in [-0.2, 0) is 0 Å². The van der Waals surface area contributed by atoms with Crippen LogP contribution >= 0.6 is 0 Å². The van der Waals surface area contributed by atoms with Crippen molar-refractivity contribution in [1.29, 1.82) is 0 Å². The highest BCUT2D eigenvalue weighted by atomic mass is 19.4. The summed E-state index contributed by atoms with van der Waals surface area (Å²) >= 11 is 0. The van der Waals surface area contributed by atoms with Crippen molar-refractivity contribution < 1.29 is 88.5 Å². The van der Waals surface area contributed by atoms with Gasteiger partial charge in [0, 0.05) is 11.6 Å². The summed E-state index contributed by atoms with van der Waals surface area (Å²) in [5, 5.41) is 0. The predicted molar refractivity (Wildman–Crippen MR) is 100 cm³/mol. The molecule has 2 rings (SSSR count). The molecule has 0 atom stereocenters. The molecule has 0 saturated heterocycles. The van der Waals surface area contributed by atoms with Crippen molar-refractivity contribution >= 4 is 0 Å². The highest BCUT2D eigenvalue weighted by Crippen LogP contribution is 2.54. The fraction of sp³-hybridized carbons (Fsp3) is 0.500. The Hall–Kier alpha value is -3.36. The number of aromatic nitrogens is 2. The molecule has 0 fully saturated rings. The standard InChI is InChI=1S/C20H10F18N2O2/c21-13(22,15(25,26)17(29,30)19(33,34)35)7-41-11-6-10(9-4-2-1-3-5-9)39-12(40-11)42-8-14(23,24)16(27,28)18(31,32)20(36,37)38/h1-6H,7-8H2. The van der Waals surface area contributed by atoms with Crippen LogP contribution in [0.25, 0.3) is 11.3 Å². The Kier molecular flexibility index (Phi) is 8.90. The third-order valence-electron chi connectivity index (χ3n) is 4.96. The summed E-state index contributed by atoms with van der Waals surface area (Å²) in [6, 6.07) is 4.51. The smallest absolute Gasteiger partial charge is 0.460 e. The van der Waals surface area contributed by atoms with Crippen molar-refractivity contribution in [1.82, 2.24) is 9.97 Å². The van der Waals surface area contributed by atoms with Gasteiger partial charge in [-0.25, -0.2) is 0 Å². The van der Waals surface area contributed by atoms with Crippen LogP contribution in [0, 0.1) is 0 Å². The molecule has 238 valence electrons. The third kappa shape index (κ3) is 6.20. The van der Waals surface area contributed by atoms with Crippen LogP contribution in [0.3, 0.4) is 0 Å². The lowest BCUT2D eigenvalue weighted by Crippen LogP contribution is -2.62. The number of hydrogen-bond acceptors (Lipinski definition) is 4. The first-order valence-corrected chi connectivity index (χ1v) is 10.2. The van der Waals surface area contributed by atoms with Gasteiger partial charge < -0.3 is 9.47 Å². The average Bonchev–Trinajstić information content (AvgIpc) is 2.85. The average molecular weight is 652 g/mol. The van der Waals surface area contributed by atoms with Gasteiger partial charge in [-0.15, -0.1) is 0 Å². The van der Waals surface area contributed by atoms with E-state index in [1.807, 2.05) is 0 Å². The summed E-state index contributed by atoms with van der Waals surface area (Å²) in [5.41, 5.74) is -0.919. The SMILES string of the molecule is FC(F)(F)C(F)(F)C(F)(F)C(F)(F)COc1cc(-c2ccccc2)nc(OCC(F)(F)C(F)(F)C(F)(F)C(F)(F)F)n1. The molecule has 42 heavy (non-hydrogen) atoms. The van der Waals surface area contributed by atoms with Gasteiger partial charge in [0.05, 0.1) is 5.69 Å². The van der Waals surface area contributed by atoms with Crippen molar-refractivity contribution in [3.05, 3.63) is 36.4 Å². The fourth-order valence-electron chi connectivity index (χ4n) is 2.62. The van der Waals surface area contributed by atoms with E-state index in [1.165, 1.54) is 18.2 Å². The molecule has 2 aromatic rings. The van der Waals surface area contributed by atoms with Gasteiger partial charge in [-0.1, -0.05) is 30.3 Å². The van der Waals surface area contributed by atoms with E-state index in [2.05, 4.69) is 19.4 Å². The van der Waals surface area contributed by atoms with Gasteiger partial charge in [0.2, 0.25) is 5.88 Å². The largest absolute Gasteiger partial charge is 0.471 e. The minimum Gasteiger partial charge on any atom is -0.471 e. The zero-order chi connectivity index (χ0) is 32.8. The minimum absolute atomic E-state index is 0.198. The summed E-state index contributed by atoms with van der Waals surface area (Å²) in [4.78, 5) is 6.08. The summed E-state index contributed by atoms with van der Waals surface area (Å²) in [6.07, 6.45) is -14.4. The number of hydrogen-bond donors (Lipinski definition) is 0. The topological polar surface area (TPSA) is 44.2 Å². The molecule has 0 radical (unpaired) electrons. The van der Waals surface area contributed by atoms with Gasteiger partial charge in [0.1, 0.15) is 0 Å². The minimum atomic E-state index is -7.33. The quantitative estimate of drug-likeness (QED) is 0.232. The van der Waals surface area contributed by atoms with Crippen molar-refractivity contribution in [3.8, 4) is 23.1 Å². The molecule has 1 aromatic carbocycles. The van der Waals surface area contributed by atoms with Crippen LogP contribution in [-0.4, -0.2) is 71.1 Å². The van der Waals surface area contributed by atoms with Crippen molar-refractivity contribution in [2.75, 3.05) is 13.2 Å². The van der Waals surface area contributed by atoms with E-state index in [1.54, 1.807) is 0 Å². The van der Waals surface area contributed by atoms with E-state index in [9.17, 15) is 79.0 Å². The Morgan fingerprint density at radius 1 is 0.500 bits per heavy atom. The third-order valence-corrected chi connectivity index (χ3v) is 4.96. The van der Waals surface area contributed by atoms with Crippen LogP contribution in [0.2, 0.25) is 0 Å². The maximum absolute atomic E-state index is 13.8. The molecule has 1 heterocycles. The first-order valence-electron chi connectivity index (χ1n) is 10.2. The van der Waals surface area contributed by atoms with E-state index >= 15 is 0 Å². The predicted octanol–water partition coefficient (Wildman–Crippen LogP) is 7.84. The van der Waals surface area contributed by atoms with Crippen LogP contribution in [0.1, 0.15) is 0 Å². The fourth-order valence-corrected chi connectivity index (χ4v) is 2.62. The molecule has 0 unspecified atom stereocenters. The van der Waals surface area contributed by atoms with Gasteiger partial charge in [-0.2, -0.15) is 89.0 Å². The monoisotopic (exact) mass is 652 g/mol. The van der Waals surface area contributed by atoms with Gasteiger partial charge in [-0.05, 0) is 0 Å². The first kappa shape index (κ1) is 34.8. The number of ether oxygens (including phenoxy) is 2. The molecule has 22 heteroatoms. The molecule has 4 nitrogen and oxygen atoms in total. The summed E-state index contributed by atoms with van der Waals surface area (Å²) < 4.78 is 243. The highest BCUT2D eigenvalue weighted by Gasteiger charge is 2.83. The maximum Gasteiger partial charge on any atom is 0.460 e. The van der Waals surface area contributed by atoms with Gasteiger partial charge in [0.15, 0.2) is 13.2 Å². The summed E-state index contributed by atoms with van der Waals surface area (Å²) in [5.74, 6) is -43.3. The molecule has 0 aliphatic rings. The van der Waals surface area contributed by atoms with Crippen LogP contribution in [0.4, 0.5) is 79.0 Å². The van der Waals surface area contributed by atoms with E-state index in [0.29, 0.717) is 6.07 Å². The second-order valence-corrected chi connectivity index (χ2v) is 8.02. The van der Waals surface area contributed by atoms with Crippen molar-refractivity contribution in [2.24, 2.45) is 0 Å². The molecule has 0 saturated carbocycles. The van der Waals surface area contributed by atoms with Crippen molar-refractivity contribution in [3.63, 3.8) is 0 Å². The second kappa shape index (κ2) is 10.7. The lowest BCUT2D eigenvalue weighted by molar-refractivity contribution is -0.398. The lowest BCUT2D eigenvalue weighted by atomic mass is 10.0. The second-order valence-electron chi connectivity index (χ2n) is 8.02. The van der Waals surface area contributed by atoms with E-state index in [4.69, 9.17) is 0 Å². The maximum atomic E-state index is 13.8. The molecule has 0 bridgehead atoms. The van der Waals surface area contributed by atoms with Crippen LogP contribution < -0.4 is 9.47 Å². The number of nitrogens with zero attached hydrogens (tertiary/aromatic N) is 2. The Balaban J connectivity index is 2.44. The Bertz CT molecular complexity index is 1160. The molecular weight excluding hydrogens is 642 g/mol. The first-order chi connectivity index (χ1) is 18.6. The molecular formula is C20H10F18N2O2. The van der Waals surface area contributed by atoms with E-state index in [-0.39, 0.29) is 5.56 Å². The zero-order valence-electron chi connectivity index (χ0n) is 19.4. The van der Waals surface area contributed by atoms with E-state index < -0.39 is 78.7 Å².